The number of ether oxygens (including phenoxy) is 1. The number of hydrogen-bond donors (Lipinski definition) is 0. The van der Waals surface area contributed by atoms with Crippen LogP contribution in [0.3, 0.4) is 0 Å². The zero-order valence-corrected chi connectivity index (χ0v) is 24.5. The maximum absolute atomic E-state index is 12.6. The summed E-state index contributed by atoms with van der Waals surface area (Å²) < 4.78 is 6.81. The van der Waals surface area contributed by atoms with E-state index in [1.54, 1.807) is 17.5 Å². The molecule has 0 aliphatic carbocycles. The second-order valence-corrected chi connectivity index (χ2v) is 10.4. The minimum absolute atomic E-state index is 0.357. The van der Waals surface area contributed by atoms with Gasteiger partial charge < -0.3 is 4.74 Å². The van der Waals surface area contributed by atoms with Crippen LogP contribution in [0.15, 0.2) is 61.1 Å². The Bertz CT molecular complexity index is 1420. The van der Waals surface area contributed by atoms with Crippen LogP contribution in [0.25, 0.3) is 32.5 Å². The number of hydrogen-bond acceptors (Lipinski definition) is 5. The molecule has 0 bridgehead atoms. The Kier molecular flexibility index (Phi) is 11.0. The topological polar surface area (TPSA) is 67.9 Å². The Morgan fingerprint density at radius 1 is 1.16 bits per heavy atom. The molecule has 0 saturated heterocycles. The Hall–Kier alpha value is -3.69. The summed E-state index contributed by atoms with van der Waals surface area (Å²) in [5.41, 5.74) is 6.85. The summed E-state index contributed by atoms with van der Waals surface area (Å²) in [4.78, 5) is 13.8. The van der Waals surface area contributed by atoms with Gasteiger partial charge in [0.1, 0.15) is 5.60 Å². The minimum atomic E-state index is -0.598. The number of rotatable bonds is 5. The zero-order chi connectivity index (χ0) is 28.5. The van der Waals surface area contributed by atoms with Gasteiger partial charge in [-0.25, -0.2) is 4.79 Å². The molecule has 38 heavy (non-hydrogen) atoms. The molecular formula is C32H39N3O2S. The van der Waals surface area contributed by atoms with Gasteiger partial charge in [-0.15, -0.1) is 24.5 Å². The molecule has 0 aliphatic heterocycles. The smallest absolute Gasteiger partial charge is 0.435 e. The lowest BCUT2D eigenvalue weighted by Crippen LogP contribution is -2.27. The van der Waals surface area contributed by atoms with Crippen molar-refractivity contribution in [3.63, 3.8) is 0 Å². The maximum Gasteiger partial charge on any atom is 0.435 e. The first-order valence-electron chi connectivity index (χ1n) is 13.0. The van der Waals surface area contributed by atoms with Crippen molar-refractivity contribution in [1.29, 1.82) is 5.26 Å². The van der Waals surface area contributed by atoms with Gasteiger partial charge >= 0.3 is 6.09 Å². The fraction of sp³-hybridized carbons (Fsp3) is 0.344. The number of benzene rings is 2. The van der Waals surface area contributed by atoms with Crippen molar-refractivity contribution in [3.8, 4) is 27.6 Å². The number of nitrogens with zero attached hydrogens (tertiary/aromatic N) is 3. The number of aromatic nitrogens is 2. The normalized spacial score (nSPS) is 10.6. The molecule has 0 unspecified atom stereocenters. The van der Waals surface area contributed by atoms with Gasteiger partial charge in [0.05, 0.1) is 24.2 Å². The van der Waals surface area contributed by atoms with Crippen molar-refractivity contribution in [1.82, 2.24) is 9.78 Å². The second kappa shape index (κ2) is 13.7. The quantitative estimate of drug-likeness (QED) is 0.241. The summed E-state index contributed by atoms with van der Waals surface area (Å²) >= 11 is 1.70. The predicted octanol–water partition coefficient (Wildman–Crippen LogP) is 9.37. The predicted molar refractivity (Wildman–Crippen MR) is 161 cm³/mol. The number of nitriles is 1. The van der Waals surface area contributed by atoms with Crippen LogP contribution in [-0.2, 0) is 17.6 Å². The highest BCUT2D eigenvalue weighted by Crippen LogP contribution is 2.41. The van der Waals surface area contributed by atoms with Gasteiger partial charge in [0.2, 0.25) is 0 Å². The van der Waals surface area contributed by atoms with Crippen molar-refractivity contribution < 1.29 is 9.53 Å². The van der Waals surface area contributed by atoms with Crippen molar-refractivity contribution in [2.45, 2.75) is 73.3 Å². The van der Waals surface area contributed by atoms with Crippen molar-refractivity contribution in [2.75, 3.05) is 0 Å². The number of carbonyl (C=O) groups is 1. The van der Waals surface area contributed by atoms with Gasteiger partial charge in [-0.2, -0.15) is 15.0 Å². The highest BCUT2D eigenvalue weighted by atomic mass is 32.1. The van der Waals surface area contributed by atoms with Gasteiger partial charge in [0.25, 0.3) is 0 Å². The molecule has 200 valence electrons. The van der Waals surface area contributed by atoms with E-state index in [2.05, 4.69) is 67.8 Å². The molecule has 0 aliphatic rings. The third kappa shape index (κ3) is 6.99. The van der Waals surface area contributed by atoms with Crippen molar-refractivity contribution in [3.05, 3.63) is 77.8 Å². The Morgan fingerprint density at radius 2 is 1.87 bits per heavy atom. The monoisotopic (exact) mass is 529 g/mol. The molecule has 0 saturated carbocycles. The van der Waals surface area contributed by atoms with E-state index in [9.17, 15) is 10.1 Å². The molecule has 0 amide bonds. The van der Waals surface area contributed by atoms with Crippen molar-refractivity contribution >= 4 is 28.3 Å². The first-order chi connectivity index (χ1) is 18.2. The van der Waals surface area contributed by atoms with E-state index in [0.717, 1.165) is 40.5 Å². The molecule has 5 nitrogen and oxygen atoms in total. The minimum Gasteiger partial charge on any atom is -0.442 e. The van der Waals surface area contributed by atoms with Crippen LogP contribution in [0, 0.1) is 18.3 Å². The van der Waals surface area contributed by atoms with E-state index in [-0.39, 0.29) is 0 Å². The first-order valence-corrected chi connectivity index (χ1v) is 13.9. The third-order valence-corrected chi connectivity index (χ3v) is 6.66. The van der Waals surface area contributed by atoms with Gasteiger partial charge in [-0.3, -0.25) is 0 Å². The molecule has 2 heterocycles. The average molecular weight is 530 g/mol. The fourth-order valence-electron chi connectivity index (χ4n) is 4.20. The molecule has 2 aromatic heterocycles. The summed E-state index contributed by atoms with van der Waals surface area (Å²) in [5, 5.41) is 16.8. The van der Waals surface area contributed by atoms with E-state index >= 15 is 0 Å². The van der Waals surface area contributed by atoms with E-state index in [4.69, 9.17) is 4.74 Å². The van der Waals surface area contributed by atoms with E-state index < -0.39 is 11.7 Å². The van der Waals surface area contributed by atoms with Crippen LogP contribution in [0.4, 0.5) is 4.79 Å². The summed E-state index contributed by atoms with van der Waals surface area (Å²) in [5.74, 6) is 0. The van der Waals surface area contributed by atoms with Gasteiger partial charge in [-0.05, 0) is 85.5 Å². The van der Waals surface area contributed by atoms with E-state index in [1.165, 1.54) is 20.7 Å². The molecule has 4 aromatic rings. The zero-order valence-electron chi connectivity index (χ0n) is 23.7. The largest absolute Gasteiger partial charge is 0.442 e. The summed E-state index contributed by atoms with van der Waals surface area (Å²) in [6.07, 6.45) is 3.55. The fourth-order valence-corrected chi connectivity index (χ4v) is 5.22. The standard InChI is InChI=1S/C28H29N3O2S.C2H6.C2H4/c1-6-7-19-14-21(10-12-29)25(26-18(2)11-13-34-26)23(15-19)20-8-9-24-22(16-20)17-30-31(24)27(32)33-28(3,4)5;2*1-2/h8-9,11,13-17H,6-7,10H2,1-5H3;1-2H3;1-2H2. The lowest BCUT2D eigenvalue weighted by Gasteiger charge is -2.19. The summed E-state index contributed by atoms with van der Waals surface area (Å²) in [7, 11) is 0. The van der Waals surface area contributed by atoms with Crippen LogP contribution >= 0.6 is 11.3 Å². The molecular weight excluding hydrogens is 490 g/mol. The van der Waals surface area contributed by atoms with Crippen LogP contribution in [0.2, 0.25) is 0 Å². The number of carbonyl (C=O) groups excluding carboxylic acids is 1. The number of thiophene rings is 1. The molecule has 4 rings (SSSR count). The number of fused-ring (bicyclic) bond motifs is 1. The summed E-state index contributed by atoms with van der Waals surface area (Å²) in [6.45, 7) is 19.8. The molecule has 0 N–H and O–H groups in total. The highest BCUT2D eigenvalue weighted by molar-refractivity contribution is 7.13. The van der Waals surface area contributed by atoms with Gasteiger partial charge in [0, 0.05) is 15.8 Å². The van der Waals surface area contributed by atoms with E-state index in [1.807, 2.05) is 46.8 Å². The molecule has 0 fully saturated rings. The maximum atomic E-state index is 12.6. The Morgan fingerprint density at radius 3 is 2.45 bits per heavy atom. The highest BCUT2D eigenvalue weighted by Gasteiger charge is 2.21. The molecule has 2 aromatic carbocycles. The third-order valence-electron chi connectivity index (χ3n) is 5.62. The van der Waals surface area contributed by atoms with Gasteiger partial charge in [-0.1, -0.05) is 45.4 Å². The Balaban J connectivity index is 0.00000121. The SMILES string of the molecule is C=C.CC.CCCc1cc(CC#N)c(-c2sccc2C)c(-c2ccc3c(cnn3C(=O)OC(C)(C)C)c2)c1. The molecule has 0 spiro atoms. The molecule has 6 heteroatoms. The van der Waals surface area contributed by atoms with Crippen LogP contribution in [-0.4, -0.2) is 21.5 Å². The molecule has 0 atom stereocenters. The number of aryl methyl sites for hydroxylation is 2. The lowest BCUT2D eigenvalue weighted by molar-refractivity contribution is 0.0522. The summed E-state index contributed by atoms with van der Waals surface area (Å²) in [6, 6.07) is 14.9. The first kappa shape index (κ1) is 30.5. The van der Waals surface area contributed by atoms with Crippen LogP contribution < -0.4 is 0 Å². The van der Waals surface area contributed by atoms with E-state index in [0.29, 0.717) is 11.9 Å². The van der Waals surface area contributed by atoms with Gasteiger partial charge in [0.15, 0.2) is 0 Å². The lowest BCUT2D eigenvalue weighted by atomic mass is 9.88. The second-order valence-electron chi connectivity index (χ2n) is 9.51. The van der Waals surface area contributed by atoms with Crippen molar-refractivity contribution in [2.24, 2.45) is 0 Å². The Labute approximate surface area is 231 Å². The van der Waals surface area contributed by atoms with Crippen LogP contribution in [0.1, 0.15) is 64.7 Å². The average Bonchev–Trinajstić information content (AvgIpc) is 3.51. The molecule has 0 radical (unpaired) electrons. The van der Waals surface area contributed by atoms with Crippen LogP contribution in [0.5, 0.6) is 0 Å².